The fourth-order valence-electron chi connectivity index (χ4n) is 5.37. The number of pyridine rings is 2. The minimum absolute atomic E-state index is 0.00709. The quantitative estimate of drug-likeness (QED) is 0.0536. The number of benzene rings is 2. The molecule has 0 amide bonds. The number of aryl methyl sites for hydroxylation is 2. The molecule has 0 fully saturated rings. The van der Waals surface area contributed by atoms with E-state index >= 15 is 0 Å². The molecule has 0 aliphatic heterocycles. The third-order valence-corrected chi connectivity index (χ3v) is 8.94. The molecule has 6 rings (SSSR count). The van der Waals surface area contributed by atoms with Crippen molar-refractivity contribution in [2.24, 2.45) is 0 Å². The molecular weight excluding hydrogens is 1120 g/mol. The second kappa shape index (κ2) is 23.1. The zero-order valence-electron chi connectivity index (χ0n) is 36.5. The number of esters is 1. The maximum atomic E-state index is 12.4. The molecule has 0 aliphatic rings. The summed E-state index contributed by atoms with van der Waals surface area (Å²) in [6.45, 7) is 18.1. The Bertz CT molecular complexity index is 2730. The third kappa shape index (κ3) is 15.6. The van der Waals surface area contributed by atoms with Gasteiger partial charge in [-0.3, -0.25) is 14.9 Å². The number of carbonyl (C=O) groups is 3. The Morgan fingerprint density at radius 3 is 1.37 bits per heavy atom. The summed E-state index contributed by atoms with van der Waals surface area (Å²) in [6, 6.07) is 8.85. The fourth-order valence-corrected chi connectivity index (χ4v) is 6.50. The van der Waals surface area contributed by atoms with Crippen LogP contribution in [-0.4, -0.2) is 60.0 Å². The second-order valence-electron chi connectivity index (χ2n) is 15.4. The Hall–Kier alpha value is -5.52. The van der Waals surface area contributed by atoms with E-state index in [0.717, 1.165) is 28.6 Å². The van der Waals surface area contributed by atoms with Crippen LogP contribution in [0.4, 0.5) is 21.0 Å². The molecule has 0 saturated heterocycles. The number of nitrogens with two attached hydrogens (primary N) is 1. The van der Waals surface area contributed by atoms with Crippen LogP contribution in [0.15, 0.2) is 61.2 Å². The molecule has 6 aromatic rings. The van der Waals surface area contributed by atoms with Crippen LogP contribution in [0.25, 0.3) is 22.1 Å². The summed E-state index contributed by atoms with van der Waals surface area (Å²) in [6.07, 6.45) is 5.16. The standard InChI is InChI=1S/C19H17Cl2N3O5.C19H19Cl2N3O3.C4H8O2.2O.Pt/c1-10-9-23(18(25)29-19(2,3)4)17-13(10)7-12(8-22-17)28-16-14(20)5-11(24(26)27)6-15(16)21;1-10-9-24(18(25)27-19(2,3)4)17-13(10)7-12(8-23-17)26-16-14(20)5-11(22)6-15(16)21;1-3-6-4(2)5;;;/h5-9H,1-4H3;5-9H,22H2,1-4H3;3H2,1-2H3;;;. The minimum atomic E-state index is -1.92. The van der Waals surface area contributed by atoms with Crippen LogP contribution in [0.2, 0.25) is 20.1 Å². The number of anilines is 1. The summed E-state index contributed by atoms with van der Waals surface area (Å²) in [7, 11) is 0. The molecule has 0 spiro atoms. The van der Waals surface area contributed by atoms with Gasteiger partial charge in [0.15, 0.2) is 11.5 Å². The van der Waals surface area contributed by atoms with E-state index in [-0.39, 0.29) is 33.2 Å². The Morgan fingerprint density at radius 2 is 1.08 bits per heavy atom. The van der Waals surface area contributed by atoms with Gasteiger partial charge >= 0.3 is 43.4 Å². The van der Waals surface area contributed by atoms with Gasteiger partial charge in [0.2, 0.25) is 0 Å². The molecule has 0 unspecified atom stereocenters. The number of aromatic nitrogens is 4. The number of hydrogen-bond donors (Lipinski definition) is 1. The van der Waals surface area contributed by atoms with E-state index in [1.165, 1.54) is 28.5 Å². The topological polar surface area (TPSA) is 236 Å². The molecule has 4 aromatic heterocycles. The van der Waals surface area contributed by atoms with Crippen molar-refractivity contribution in [3.63, 3.8) is 0 Å². The number of nitro benzene ring substituents is 1. The van der Waals surface area contributed by atoms with Crippen molar-refractivity contribution in [2.45, 2.75) is 80.4 Å². The van der Waals surface area contributed by atoms with Crippen molar-refractivity contribution >= 4 is 98.0 Å². The van der Waals surface area contributed by atoms with E-state index in [9.17, 15) is 24.5 Å². The van der Waals surface area contributed by atoms with Crippen molar-refractivity contribution in [1.82, 2.24) is 19.1 Å². The van der Waals surface area contributed by atoms with Crippen LogP contribution in [0.5, 0.6) is 23.0 Å². The van der Waals surface area contributed by atoms with Gasteiger partial charge < -0.3 is 29.4 Å². The van der Waals surface area contributed by atoms with E-state index in [0.29, 0.717) is 50.5 Å². The maximum absolute atomic E-state index is 12.4. The van der Waals surface area contributed by atoms with Crippen LogP contribution >= 0.6 is 46.4 Å². The summed E-state index contributed by atoms with van der Waals surface area (Å²) >= 11 is 22.6. The summed E-state index contributed by atoms with van der Waals surface area (Å²) in [5.74, 6) is 0.890. The van der Waals surface area contributed by atoms with Crippen LogP contribution in [0.3, 0.4) is 0 Å². The van der Waals surface area contributed by atoms with Gasteiger partial charge in [0.1, 0.15) is 34.0 Å². The van der Waals surface area contributed by atoms with Crippen molar-refractivity contribution in [3.8, 4) is 23.0 Å². The van der Waals surface area contributed by atoms with Crippen molar-refractivity contribution in [2.75, 3.05) is 12.3 Å². The van der Waals surface area contributed by atoms with Crippen molar-refractivity contribution < 1.29 is 68.3 Å². The van der Waals surface area contributed by atoms with Crippen LogP contribution in [0.1, 0.15) is 66.5 Å². The molecule has 2 N–H and O–H groups in total. The fraction of sp³-hybridized carbons (Fsp3) is 0.310. The monoisotopic (exact) mass is 1160 g/mol. The zero-order chi connectivity index (χ0) is 49.1. The van der Waals surface area contributed by atoms with E-state index < -0.39 is 46.8 Å². The average Bonchev–Trinajstić information content (AvgIpc) is 3.69. The molecule has 4 heterocycles. The van der Waals surface area contributed by atoms with Gasteiger partial charge in [-0.15, -0.1) is 0 Å². The number of nitrogens with zero attached hydrogens (tertiary/aromatic N) is 5. The van der Waals surface area contributed by atoms with E-state index in [4.69, 9.17) is 77.9 Å². The van der Waals surface area contributed by atoms with E-state index in [2.05, 4.69) is 14.7 Å². The molecule has 0 aliphatic carbocycles. The van der Waals surface area contributed by atoms with Gasteiger partial charge in [0, 0.05) is 47.9 Å². The van der Waals surface area contributed by atoms with Crippen LogP contribution in [0, 0.1) is 24.0 Å². The van der Waals surface area contributed by atoms with Crippen molar-refractivity contribution in [3.05, 3.63) is 103 Å². The Kier molecular flexibility index (Phi) is 19.1. The average molecular weight is 1160 g/mol. The first-order valence-corrected chi connectivity index (χ1v) is 22.2. The third-order valence-electron chi connectivity index (χ3n) is 7.82. The van der Waals surface area contributed by atoms with Crippen molar-refractivity contribution in [1.29, 1.82) is 0 Å². The Balaban J connectivity index is 0.000000292. The first-order chi connectivity index (χ1) is 30.2. The number of ether oxygens (including phenoxy) is 5. The first-order valence-electron chi connectivity index (χ1n) is 18.8. The molecule has 2 aromatic carbocycles. The van der Waals surface area contributed by atoms with Gasteiger partial charge in [-0.05, 0) is 97.7 Å². The normalized spacial score (nSPS) is 11.0. The number of fused-ring (bicyclic) bond motifs is 2. The summed E-state index contributed by atoms with van der Waals surface area (Å²) in [5, 5.41) is 12.9. The first kappa shape index (κ1) is 53.8. The zero-order valence-corrected chi connectivity index (χ0v) is 41.8. The molecule has 0 saturated carbocycles. The van der Waals surface area contributed by atoms with Gasteiger partial charge in [-0.2, -0.15) is 0 Å². The predicted octanol–water partition coefficient (Wildman–Crippen LogP) is 12.3. The molecule has 23 heteroatoms. The number of carbonyl (C=O) groups excluding carboxylic acids is 3. The number of rotatable bonds is 6. The Morgan fingerprint density at radius 1 is 0.723 bits per heavy atom. The van der Waals surface area contributed by atoms with Gasteiger partial charge in [-0.1, -0.05) is 46.4 Å². The molecular formula is C42H44Cl4N6O12Pt. The van der Waals surface area contributed by atoms with Gasteiger partial charge in [0.25, 0.3) is 5.69 Å². The number of halogens is 4. The summed E-state index contributed by atoms with van der Waals surface area (Å²) in [5.41, 5.74) is 7.17. The molecule has 18 nitrogen and oxygen atoms in total. The summed E-state index contributed by atoms with van der Waals surface area (Å²) in [4.78, 5) is 53.6. The van der Waals surface area contributed by atoms with E-state index in [1.807, 2.05) is 34.6 Å². The number of hydrogen-bond acceptors (Lipinski definition) is 15. The molecule has 0 atom stereocenters. The second-order valence-corrected chi connectivity index (χ2v) is 17.4. The van der Waals surface area contributed by atoms with Crippen LogP contribution < -0.4 is 15.2 Å². The molecule has 0 bridgehead atoms. The molecule has 352 valence electrons. The predicted molar refractivity (Wildman–Crippen MR) is 240 cm³/mol. The number of nitrogen functional groups attached to an aromatic ring is 1. The summed E-state index contributed by atoms with van der Waals surface area (Å²) < 4.78 is 46.4. The van der Waals surface area contributed by atoms with E-state index in [1.54, 1.807) is 64.4 Å². The van der Waals surface area contributed by atoms with Crippen LogP contribution in [-0.2, 0) is 44.3 Å². The number of non-ortho nitro benzene ring substituents is 1. The SMILES string of the molecule is CCOC(C)=O.Cc1cn(C(=O)OC(C)(C)C)c2ncc(Oc3c(Cl)cc(N)cc3Cl)cc12.Cc1cn(C(=O)OC(C)(C)C)c2ncc(Oc3c(Cl)cc([N+](=O)[O-])cc3Cl)cc12.[O]=[Pt]=[O]. The molecule has 65 heavy (non-hydrogen) atoms. The van der Waals surface area contributed by atoms with Gasteiger partial charge in [0.05, 0.1) is 44.0 Å². The van der Waals surface area contributed by atoms with Gasteiger partial charge in [-0.25, -0.2) is 28.7 Å². The Labute approximate surface area is 401 Å². The number of nitro groups is 1. The molecule has 0 radical (unpaired) electrons.